The van der Waals surface area contributed by atoms with Crippen LogP contribution in [-0.2, 0) is 4.74 Å². The molecule has 1 rings (SSSR count). The van der Waals surface area contributed by atoms with Crippen molar-refractivity contribution in [1.82, 2.24) is 15.0 Å². The Balaban J connectivity index is 2.38. The average Bonchev–Trinajstić information content (AvgIpc) is 2.28. The zero-order valence-corrected chi connectivity index (χ0v) is 10.0. The third kappa shape index (κ3) is 4.59. The first-order valence-electron chi connectivity index (χ1n) is 4.92. The summed E-state index contributed by atoms with van der Waals surface area (Å²) in [4.78, 5) is 11.4. The minimum Gasteiger partial charge on any atom is -0.467 e. The van der Waals surface area contributed by atoms with Gasteiger partial charge in [-0.05, 0) is 18.0 Å². The minimum absolute atomic E-state index is 0.0383. The van der Waals surface area contributed by atoms with E-state index >= 15 is 0 Å². The lowest BCUT2D eigenvalue weighted by Crippen LogP contribution is -2.09. The van der Waals surface area contributed by atoms with Gasteiger partial charge in [-0.1, -0.05) is 6.92 Å². The van der Waals surface area contributed by atoms with Gasteiger partial charge < -0.3 is 14.2 Å². The number of aromatic nitrogens is 3. The van der Waals surface area contributed by atoms with Gasteiger partial charge in [0.05, 0.1) is 13.7 Å². The first-order valence-corrected chi connectivity index (χ1v) is 5.30. The maximum atomic E-state index is 5.64. The van der Waals surface area contributed by atoms with Gasteiger partial charge in [-0.2, -0.15) is 9.97 Å². The molecule has 0 saturated carbocycles. The normalized spacial score (nSPS) is 10.2. The van der Waals surface area contributed by atoms with E-state index in [-0.39, 0.29) is 17.3 Å². The Kier molecular flexibility index (Phi) is 5.81. The molecule has 90 valence electrons. The van der Waals surface area contributed by atoms with Crippen molar-refractivity contribution in [2.24, 2.45) is 0 Å². The molecule has 7 heteroatoms. The predicted molar refractivity (Wildman–Crippen MR) is 58.0 cm³/mol. The largest absolute Gasteiger partial charge is 0.467 e. The quantitative estimate of drug-likeness (QED) is 0.678. The van der Waals surface area contributed by atoms with E-state index in [4.69, 9.17) is 25.8 Å². The highest BCUT2D eigenvalue weighted by molar-refractivity contribution is 6.28. The Morgan fingerprint density at radius 1 is 1.06 bits per heavy atom. The predicted octanol–water partition coefficient (Wildman–Crippen LogP) is 1.34. The van der Waals surface area contributed by atoms with Crippen molar-refractivity contribution < 1.29 is 14.2 Å². The first-order chi connectivity index (χ1) is 7.76. The summed E-state index contributed by atoms with van der Waals surface area (Å²) >= 11 is 5.64. The summed E-state index contributed by atoms with van der Waals surface area (Å²) in [6.45, 7) is 3.60. The van der Waals surface area contributed by atoms with Gasteiger partial charge in [0, 0.05) is 6.61 Å². The molecule has 0 aliphatic heterocycles. The fourth-order valence-electron chi connectivity index (χ4n) is 0.909. The second-order valence-corrected chi connectivity index (χ2v) is 3.17. The number of ether oxygens (including phenoxy) is 3. The monoisotopic (exact) mass is 247 g/mol. The molecule has 0 fully saturated rings. The fourth-order valence-corrected chi connectivity index (χ4v) is 1.05. The van der Waals surface area contributed by atoms with Crippen LogP contribution in [0.1, 0.15) is 13.3 Å². The third-order valence-electron chi connectivity index (χ3n) is 1.56. The molecule has 0 aliphatic rings. The summed E-state index contributed by atoms with van der Waals surface area (Å²) in [5.74, 6) is 0. The Hall–Kier alpha value is -1.14. The van der Waals surface area contributed by atoms with Crippen LogP contribution in [0.2, 0.25) is 5.28 Å². The highest BCUT2D eigenvalue weighted by Gasteiger charge is 2.05. The van der Waals surface area contributed by atoms with Crippen molar-refractivity contribution in [2.75, 3.05) is 26.9 Å². The molecule has 0 aliphatic carbocycles. The van der Waals surface area contributed by atoms with E-state index in [1.54, 1.807) is 0 Å². The summed E-state index contributed by atoms with van der Waals surface area (Å²) in [5, 5.41) is 0.0383. The van der Waals surface area contributed by atoms with Crippen molar-refractivity contribution in [2.45, 2.75) is 13.3 Å². The third-order valence-corrected chi connectivity index (χ3v) is 1.73. The summed E-state index contributed by atoms with van der Waals surface area (Å²) in [6, 6.07) is 0.265. The maximum absolute atomic E-state index is 5.64. The number of hydrogen-bond acceptors (Lipinski definition) is 6. The zero-order chi connectivity index (χ0) is 11.8. The van der Waals surface area contributed by atoms with E-state index in [9.17, 15) is 0 Å². The molecule has 0 bridgehead atoms. The smallest absolute Gasteiger partial charge is 0.324 e. The molecule has 0 N–H and O–H groups in total. The van der Waals surface area contributed by atoms with Crippen LogP contribution in [0.5, 0.6) is 12.0 Å². The lowest BCUT2D eigenvalue weighted by Gasteiger charge is -2.05. The van der Waals surface area contributed by atoms with E-state index in [0.717, 1.165) is 6.42 Å². The summed E-state index contributed by atoms with van der Waals surface area (Å²) < 4.78 is 15.3. The second kappa shape index (κ2) is 7.19. The van der Waals surface area contributed by atoms with Crippen molar-refractivity contribution in [3.63, 3.8) is 0 Å². The van der Waals surface area contributed by atoms with E-state index in [1.165, 1.54) is 7.11 Å². The molecule has 0 unspecified atom stereocenters. The SMILES string of the molecule is CCCOCCOc1nc(Cl)nc(OC)n1. The topological polar surface area (TPSA) is 66.4 Å². The Labute approximate surface area is 98.9 Å². The lowest BCUT2D eigenvalue weighted by molar-refractivity contribution is 0.0967. The van der Waals surface area contributed by atoms with Crippen molar-refractivity contribution in [3.8, 4) is 12.0 Å². The van der Waals surface area contributed by atoms with Gasteiger partial charge in [0.25, 0.3) is 0 Å². The Morgan fingerprint density at radius 3 is 2.50 bits per heavy atom. The van der Waals surface area contributed by atoms with Crippen LogP contribution in [0, 0.1) is 0 Å². The molecule has 1 aromatic rings. The van der Waals surface area contributed by atoms with E-state index < -0.39 is 0 Å². The van der Waals surface area contributed by atoms with Gasteiger partial charge in [-0.25, -0.2) is 0 Å². The van der Waals surface area contributed by atoms with E-state index in [0.29, 0.717) is 19.8 Å². The van der Waals surface area contributed by atoms with E-state index in [1.807, 2.05) is 6.92 Å². The number of hydrogen-bond donors (Lipinski definition) is 0. The van der Waals surface area contributed by atoms with Gasteiger partial charge >= 0.3 is 12.0 Å². The molecule has 0 spiro atoms. The second-order valence-electron chi connectivity index (χ2n) is 2.83. The van der Waals surface area contributed by atoms with Gasteiger partial charge in [0.15, 0.2) is 0 Å². The molecule has 0 saturated heterocycles. The molecular formula is C9H14ClN3O3. The summed E-state index contributed by atoms with van der Waals surface area (Å²) in [5.41, 5.74) is 0. The highest BCUT2D eigenvalue weighted by atomic mass is 35.5. The standard InChI is InChI=1S/C9H14ClN3O3/c1-3-4-15-5-6-16-9-12-7(10)11-8(13-9)14-2/h3-6H2,1-2H3. The number of methoxy groups -OCH3 is 1. The maximum Gasteiger partial charge on any atom is 0.324 e. The van der Waals surface area contributed by atoms with Crippen LogP contribution in [0.4, 0.5) is 0 Å². The first kappa shape index (κ1) is 12.9. The van der Waals surface area contributed by atoms with Gasteiger partial charge in [0.2, 0.25) is 5.28 Å². The molecule has 0 atom stereocenters. The van der Waals surface area contributed by atoms with Gasteiger partial charge in [-0.3, -0.25) is 0 Å². The molecule has 16 heavy (non-hydrogen) atoms. The molecule has 0 aromatic carbocycles. The zero-order valence-electron chi connectivity index (χ0n) is 9.27. The molecule has 1 heterocycles. The van der Waals surface area contributed by atoms with Crippen LogP contribution < -0.4 is 9.47 Å². The van der Waals surface area contributed by atoms with Crippen molar-refractivity contribution in [3.05, 3.63) is 5.28 Å². The van der Waals surface area contributed by atoms with Crippen molar-refractivity contribution in [1.29, 1.82) is 0 Å². The fraction of sp³-hybridized carbons (Fsp3) is 0.667. The van der Waals surface area contributed by atoms with E-state index in [2.05, 4.69) is 15.0 Å². The van der Waals surface area contributed by atoms with Crippen LogP contribution >= 0.6 is 11.6 Å². The number of halogens is 1. The minimum atomic E-state index is 0.0383. The van der Waals surface area contributed by atoms with Crippen LogP contribution in [0.25, 0.3) is 0 Å². The Bertz CT molecular complexity index is 325. The molecule has 6 nitrogen and oxygen atoms in total. The van der Waals surface area contributed by atoms with Gasteiger partial charge in [-0.15, -0.1) is 4.98 Å². The molecule has 0 amide bonds. The Morgan fingerprint density at radius 2 is 1.81 bits per heavy atom. The van der Waals surface area contributed by atoms with Crippen LogP contribution in [-0.4, -0.2) is 41.9 Å². The number of nitrogens with zero attached hydrogens (tertiary/aromatic N) is 3. The highest BCUT2D eigenvalue weighted by Crippen LogP contribution is 2.12. The van der Waals surface area contributed by atoms with Crippen LogP contribution in [0.15, 0.2) is 0 Å². The average molecular weight is 248 g/mol. The molecule has 1 aromatic heterocycles. The molecule has 0 radical (unpaired) electrons. The van der Waals surface area contributed by atoms with Gasteiger partial charge in [0.1, 0.15) is 6.61 Å². The van der Waals surface area contributed by atoms with Crippen LogP contribution in [0.3, 0.4) is 0 Å². The number of rotatable bonds is 7. The lowest BCUT2D eigenvalue weighted by atomic mass is 10.5. The summed E-state index contributed by atoms with van der Waals surface area (Å²) in [6.07, 6.45) is 0.978. The molecular weight excluding hydrogens is 234 g/mol. The van der Waals surface area contributed by atoms with Crippen molar-refractivity contribution >= 4 is 11.6 Å². The summed E-state index contributed by atoms with van der Waals surface area (Å²) in [7, 11) is 1.44.